The van der Waals surface area contributed by atoms with Crippen molar-refractivity contribution in [2.24, 2.45) is 0 Å². The molecular formula is C13H17N3S2. The molecule has 1 N–H and O–H groups in total. The van der Waals surface area contributed by atoms with Crippen LogP contribution in [0, 0.1) is 0 Å². The number of benzene rings is 1. The van der Waals surface area contributed by atoms with Crippen molar-refractivity contribution >= 4 is 28.2 Å². The summed E-state index contributed by atoms with van der Waals surface area (Å²) in [6.07, 6.45) is 3.03. The van der Waals surface area contributed by atoms with E-state index < -0.39 is 0 Å². The third-order valence-electron chi connectivity index (χ3n) is 2.73. The van der Waals surface area contributed by atoms with Crippen LogP contribution in [0.3, 0.4) is 0 Å². The Bertz CT molecular complexity index is 493. The number of aryl methyl sites for hydroxylation is 1. The van der Waals surface area contributed by atoms with E-state index >= 15 is 0 Å². The quantitative estimate of drug-likeness (QED) is 0.840. The van der Waals surface area contributed by atoms with Crippen molar-refractivity contribution in [1.82, 2.24) is 10.2 Å². The van der Waals surface area contributed by atoms with Gasteiger partial charge in [0.05, 0.1) is 6.04 Å². The van der Waals surface area contributed by atoms with Gasteiger partial charge in [0.25, 0.3) is 0 Å². The summed E-state index contributed by atoms with van der Waals surface area (Å²) in [7, 11) is 0. The first-order valence-electron chi connectivity index (χ1n) is 5.95. The van der Waals surface area contributed by atoms with Crippen LogP contribution in [-0.4, -0.2) is 16.5 Å². The molecule has 2 rings (SSSR count). The van der Waals surface area contributed by atoms with Gasteiger partial charge < -0.3 is 5.32 Å². The third kappa shape index (κ3) is 3.23. The van der Waals surface area contributed by atoms with E-state index in [4.69, 9.17) is 0 Å². The summed E-state index contributed by atoms with van der Waals surface area (Å²) >= 11 is 3.38. The summed E-state index contributed by atoms with van der Waals surface area (Å²) in [5.41, 5.74) is 1.26. The van der Waals surface area contributed by atoms with E-state index in [0.717, 1.165) is 16.6 Å². The fourth-order valence-electron chi connectivity index (χ4n) is 1.62. The van der Waals surface area contributed by atoms with Gasteiger partial charge in [-0.3, -0.25) is 0 Å². The van der Waals surface area contributed by atoms with Gasteiger partial charge in [-0.25, -0.2) is 0 Å². The first-order valence-corrected chi connectivity index (χ1v) is 8.00. The molecule has 1 heterocycles. The molecule has 2 aromatic rings. The van der Waals surface area contributed by atoms with Gasteiger partial charge in [-0.15, -0.1) is 22.0 Å². The lowest BCUT2D eigenvalue weighted by molar-refractivity contribution is 0.868. The number of thioether (sulfide) groups is 1. The predicted octanol–water partition coefficient (Wildman–Crippen LogP) is 4.00. The fraction of sp³-hybridized carbons (Fsp3) is 0.385. The number of nitrogens with one attached hydrogen (secondary N) is 1. The Morgan fingerprint density at radius 3 is 2.56 bits per heavy atom. The minimum Gasteiger partial charge on any atom is -0.354 e. The van der Waals surface area contributed by atoms with Crippen LogP contribution in [-0.2, 0) is 6.42 Å². The zero-order valence-corrected chi connectivity index (χ0v) is 12.4. The van der Waals surface area contributed by atoms with Gasteiger partial charge in [-0.2, -0.15) is 0 Å². The third-order valence-corrected chi connectivity index (χ3v) is 4.47. The lowest BCUT2D eigenvalue weighted by Gasteiger charge is -2.13. The second-order valence-corrected chi connectivity index (χ2v) is 5.94. The van der Waals surface area contributed by atoms with E-state index in [9.17, 15) is 0 Å². The van der Waals surface area contributed by atoms with Crippen LogP contribution in [0.15, 0.2) is 29.2 Å². The molecule has 0 fully saturated rings. The number of anilines is 1. The zero-order chi connectivity index (χ0) is 13.0. The summed E-state index contributed by atoms with van der Waals surface area (Å²) in [5.74, 6) is 0. The molecule has 0 saturated heterocycles. The average Bonchev–Trinajstić information content (AvgIpc) is 2.86. The molecule has 0 spiro atoms. The summed E-state index contributed by atoms with van der Waals surface area (Å²) in [5, 5.41) is 13.6. The maximum Gasteiger partial charge on any atom is 0.206 e. The van der Waals surface area contributed by atoms with Crippen LogP contribution in [0.4, 0.5) is 5.13 Å². The standard InChI is InChI=1S/C13H17N3S2/c1-4-12-15-16-13(18-12)14-9(2)10-5-7-11(17-3)8-6-10/h5-9H,4H2,1-3H3,(H,14,16). The molecule has 1 aromatic carbocycles. The van der Waals surface area contributed by atoms with Crippen molar-refractivity contribution in [1.29, 1.82) is 0 Å². The van der Waals surface area contributed by atoms with E-state index in [1.807, 2.05) is 0 Å². The van der Waals surface area contributed by atoms with Crippen LogP contribution in [0.5, 0.6) is 0 Å². The highest BCUT2D eigenvalue weighted by atomic mass is 32.2. The highest BCUT2D eigenvalue weighted by Gasteiger charge is 2.08. The normalized spacial score (nSPS) is 12.4. The Kier molecular flexibility index (Phi) is 4.60. The second-order valence-electron chi connectivity index (χ2n) is 3.99. The molecule has 1 aromatic heterocycles. The Morgan fingerprint density at radius 1 is 1.28 bits per heavy atom. The Labute approximate surface area is 116 Å². The predicted molar refractivity (Wildman–Crippen MR) is 79.5 cm³/mol. The Morgan fingerprint density at radius 2 is 2.00 bits per heavy atom. The molecule has 0 bridgehead atoms. The second kappa shape index (κ2) is 6.20. The lowest BCUT2D eigenvalue weighted by Crippen LogP contribution is -2.06. The number of aromatic nitrogens is 2. The van der Waals surface area contributed by atoms with Crippen molar-refractivity contribution in [3.05, 3.63) is 34.8 Å². The molecule has 0 aliphatic carbocycles. The molecule has 0 amide bonds. The minimum atomic E-state index is 0.249. The molecule has 0 radical (unpaired) electrons. The molecular weight excluding hydrogens is 262 g/mol. The van der Waals surface area contributed by atoms with Gasteiger partial charge in [0.15, 0.2) is 0 Å². The van der Waals surface area contributed by atoms with Gasteiger partial charge >= 0.3 is 0 Å². The molecule has 5 heteroatoms. The largest absolute Gasteiger partial charge is 0.354 e. The lowest BCUT2D eigenvalue weighted by atomic mass is 10.1. The van der Waals surface area contributed by atoms with Crippen LogP contribution < -0.4 is 5.32 Å². The van der Waals surface area contributed by atoms with Crippen LogP contribution in [0.1, 0.15) is 30.5 Å². The van der Waals surface area contributed by atoms with Crippen LogP contribution in [0.2, 0.25) is 0 Å². The molecule has 18 heavy (non-hydrogen) atoms. The summed E-state index contributed by atoms with van der Waals surface area (Å²) in [6, 6.07) is 8.86. The van der Waals surface area contributed by atoms with Crippen molar-refractivity contribution in [3.63, 3.8) is 0 Å². The highest BCUT2D eigenvalue weighted by molar-refractivity contribution is 7.98. The van der Waals surface area contributed by atoms with Crippen molar-refractivity contribution in [2.45, 2.75) is 31.2 Å². The van der Waals surface area contributed by atoms with Crippen molar-refractivity contribution in [3.8, 4) is 0 Å². The maximum atomic E-state index is 4.14. The first-order chi connectivity index (χ1) is 8.72. The van der Waals surface area contributed by atoms with E-state index in [1.54, 1.807) is 23.1 Å². The van der Waals surface area contributed by atoms with E-state index in [0.29, 0.717) is 0 Å². The number of hydrogen-bond donors (Lipinski definition) is 1. The van der Waals surface area contributed by atoms with E-state index in [2.05, 4.69) is 59.9 Å². The molecule has 3 nitrogen and oxygen atoms in total. The maximum absolute atomic E-state index is 4.14. The number of nitrogens with zero attached hydrogens (tertiary/aromatic N) is 2. The van der Waals surface area contributed by atoms with Gasteiger partial charge in [-0.1, -0.05) is 30.4 Å². The molecule has 1 unspecified atom stereocenters. The van der Waals surface area contributed by atoms with Gasteiger partial charge in [-0.05, 0) is 37.3 Å². The first kappa shape index (κ1) is 13.4. The average molecular weight is 279 g/mol. The summed E-state index contributed by atoms with van der Waals surface area (Å²) in [6.45, 7) is 4.23. The number of rotatable bonds is 5. The minimum absolute atomic E-state index is 0.249. The summed E-state index contributed by atoms with van der Waals surface area (Å²) in [4.78, 5) is 1.29. The molecule has 0 saturated carbocycles. The number of hydrogen-bond acceptors (Lipinski definition) is 5. The molecule has 96 valence electrons. The van der Waals surface area contributed by atoms with Crippen molar-refractivity contribution in [2.75, 3.05) is 11.6 Å². The molecule has 1 atom stereocenters. The topological polar surface area (TPSA) is 37.8 Å². The zero-order valence-electron chi connectivity index (χ0n) is 10.8. The van der Waals surface area contributed by atoms with Gasteiger partial charge in [0.1, 0.15) is 5.01 Å². The Hall–Kier alpha value is -1.07. The van der Waals surface area contributed by atoms with E-state index in [1.165, 1.54) is 10.5 Å². The van der Waals surface area contributed by atoms with Crippen LogP contribution >= 0.6 is 23.1 Å². The van der Waals surface area contributed by atoms with Gasteiger partial charge in [0.2, 0.25) is 5.13 Å². The fourth-order valence-corrected chi connectivity index (χ4v) is 2.79. The molecule has 0 aliphatic rings. The monoisotopic (exact) mass is 279 g/mol. The highest BCUT2D eigenvalue weighted by Crippen LogP contribution is 2.24. The van der Waals surface area contributed by atoms with Crippen molar-refractivity contribution < 1.29 is 0 Å². The van der Waals surface area contributed by atoms with Gasteiger partial charge in [0, 0.05) is 4.90 Å². The summed E-state index contributed by atoms with van der Waals surface area (Å²) < 4.78 is 0. The Balaban J connectivity index is 2.03. The smallest absolute Gasteiger partial charge is 0.206 e. The molecule has 0 aliphatic heterocycles. The SMILES string of the molecule is CCc1nnc(NC(C)c2ccc(SC)cc2)s1. The van der Waals surface area contributed by atoms with E-state index in [-0.39, 0.29) is 6.04 Å². The van der Waals surface area contributed by atoms with Crippen LogP contribution in [0.25, 0.3) is 0 Å².